The molecule has 1 amide bonds. The third kappa shape index (κ3) is 4.59. The Labute approximate surface area is 186 Å². The smallest absolute Gasteiger partial charge is 0.265 e. The topological polar surface area (TPSA) is 90.6 Å². The number of piperazine rings is 1. The van der Waals surface area contributed by atoms with Gasteiger partial charge in [0.25, 0.3) is 11.5 Å². The molecule has 1 fully saturated rings. The van der Waals surface area contributed by atoms with Gasteiger partial charge in [-0.25, -0.2) is 4.98 Å². The van der Waals surface area contributed by atoms with E-state index in [0.29, 0.717) is 19.0 Å². The molecule has 1 aromatic heterocycles. The number of anilines is 2. The molecule has 4 rings (SSSR count). The third-order valence-electron chi connectivity index (χ3n) is 5.68. The van der Waals surface area contributed by atoms with Crippen LogP contribution >= 0.6 is 0 Å². The van der Waals surface area contributed by atoms with Crippen LogP contribution < -0.4 is 25.4 Å². The van der Waals surface area contributed by atoms with E-state index in [1.807, 2.05) is 66.4 Å². The fourth-order valence-corrected chi connectivity index (χ4v) is 3.86. The minimum Gasteiger partial charge on any atom is -0.495 e. The van der Waals surface area contributed by atoms with Gasteiger partial charge in [-0.15, -0.1) is 0 Å². The van der Waals surface area contributed by atoms with E-state index in [0.717, 1.165) is 30.1 Å². The first-order valence-corrected chi connectivity index (χ1v) is 10.6. The molecule has 1 saturated heterocycles. The molecular weight excluding hydrogens is 406 g/mol. The van der Waals surface area contributed by atoms with Crippen LogP contribution in [0.2, 0.25) is 0 Å². The molecule has 0 saturated carbocycles. The molecule has 2 N–H and O–H groups in total. The molecule has 32 heavy (non-hydrogen) atoms. The SMILES string of the molecule is COc1ccccc1N1CCN(c2ncc(C(=O)N[C@H](C)c3ccccc3)c(=O)[nH]2)CC1. The van der Waals surface area contributed by atoms with E-state index in [2.05, 4.69) is 20.2 Å². The van der Waals surface area contributed by atoms with Crippen LogP contribution in [0.3, 0.4) is 0 Å². The molecule has 8 nitrogen and oxygen atoms in total. The Morgan fingerprint density at radius 2 is 1.69 bits per heavy atom. The Kier molecular flexibility index (Phi) is 6.39. The number of nitrogens with one attached hydrogen (secondary N) is 2. The first-order valence-electron chi connectivity index (χ1n) is 10.6. The highest BCUT2D eigenvalue weighted by Crippen LogP contribution is 2.28. The third-order valence-corrected chi connectivity index (χ3v) is 5.68. The van der Waals surface area contributed by atoms with Crippen molar-refractivity contribution in [3.63, 3.8) is 0 Å². The average Bonchev–Trinajstić information content (AvgIpc) is 2.84. The summed E-state index contributed by atoms with van der Waals surface area (Å²) in [4.78, 5) is 36.6. The van der Waals surface area contributed by atoms with Crippen molar-refractivity contribution in [1.29, 1.82) is 0 Å². The van der Waals surface area contributed by atoms with Gasteiger partial charge in [0.1, 0.15) is 11.3 Å². The van der Waals surface area contributed by atoms with Crippen LogP contribution in [0.4, 0.5) is 11.6 Å². The van der Waals surface area contributed by atoms with Crippen molar-refractivity contribution in [2.24, 2.45) is 0 Å². The molecule has 1 aliphatic rings. The second-order valence-corrected chi connectivity index (χ2v) is 7.70. The number of carbonyl (C=O) groups is 1. The summed E-state index contributed by atoms with van der Waals surface area (Å²) in [7, 11) is 1.67. The van der Waals surface area contributed by atoms with E-state index >= 15 is 0 Å². The number of hydrogen-bond acceptors (Lipinski definition) is 6. The van der Waals surface area contributed by atoms with Crippen LogP contribution in [0.15, 0.2) is 65.6 Å². The van der Waals surface area contributed by atoms with Crippen molar-refractivity contribution in [2.45, 2.75) is 13.0 Å². The van der Waals surface area contributed by atoms with Crippen molar-refractivity contribution < 1.29 is 9.53 Å². The number of nitrogens with zero attached hydrogens (tertiary/aromatic N) is 3. The Morgan fingerprint density at radius 1 is 1.03 bits per heavy atom. The first-order chi connectivity index (χ1) is 15.6. The van der Waals surface area contributed by atoms with Gasteiger partial charge in [-0.2, -0.15) is 0 Å². The number of para-hydroxylation sites is 2. The number of carbonyl (C=O) groups excluding carboxylic acids is 1. The maximum Gasteiger partial charge on any atom is 0.265 e. The van der Waals surface area contributed by atoms with E-state index in [-0.39, 0.29) is 11.6 Å². The van der Waals surface area contributed by atoms with E-state index < -0.39 is 11.5 Å². The predicted molar refractivity (Wildman–Crippen MR) is 125 cm³/mol. The molecule has 0 aliphatic carbocycles. The number of aromatic amines is 1. The second kappa shape index (κ2) is 9.55. The number of ether oxygens (including phenoxy) is 1. The van der Waals surface area contributed by atoms with Crippen molar-refractivity contribution in [2.75, 3.05) is 43.1 Å². The predicted octanol–water partition coefficient (Wildman–Crippen LogP) is 2.60. The highest BCUT2D eigenvalue weighted by molar-refractivity contribution is 5.93. The molecule has 1 atom stereocenters. The van der Waals surface area contributed by atoms with Gasteiger partial charge < -0.3 is 19.9 Å². The Bertz CT molecular complexity index is 1120. The Morgan fingerprint density at radius 3 is 2.38 bits per heavy atom. The molecule has 8 heteroatoms. The van der Waals surface area contributed by atoms with Crippen LogP contribution in [0.25, 0.3) is 0 Å². The lowest BCUT2D eigenvalue weighted by Gasteiger charge is -2.36. The van der Waals surface area contributed by atoms with Gasteiger partial charge in [0.05, 0.1) is 18.8 Å². The van der Waals surface area contributed by atoms with Crippen LogP contribution in [-0.2, 0) is 0 Å². The maximum absolute atomic E-state index is 12.6. The number of rotatable bonds is 6. The number of benzene rings is 2. The lowest BCUT2D eigenvalue weighted by atomic mass is 10.1. The molecule has 0 unspecified atom stereocenters. The summed E-state index contributed by atoms with van der Waals surface area (Å²) in [5.41, 5.74) is 1.58. The number of aromatic nitrogens is 2. The number of amides is 1. The van der Waals surface area contributed by atoms with E-state index in [4.69, 9.17) is 4.74 Å². The molecule has 0 spiro atoms. The van der Waals surface area contributed by atoms with Gasteiger partial charge in [-0.05, 0) is 24.6 Å². The molecule has 0 bridgehead atoms. The van der Waals surface area contributed by atoms with Crippen molar-refractivity contribution in [3.8, 4) is 5.75 Å². The van der Waals surface area contributed by atoms with Crippen LogP contribution in [0.5, 0.6) is 5.75 Å². The fraction of sp³-hybridized carbons (Fsp3) is 0.292. The zero-order chi connectivity index (χ0) is 22.5. The number of hydrogen-bond donors (Lipinski definition) is 2. The van der Waals surface area contributed by atoms with E-state index in [1.54, 1.807) is 7.11 Å². The quantitative estimate of drug-likeness (QED) is 0.621. The highest BCUT2D eigenvalue weighted by atomic mass is 16.5. The maximum atomic E-state index is 12.6. The van der Waals surface area contributed by atoms with Gasteiger partial charge in [0.2, 0.25) is 5.95 Å². The zero-order valence-electron chi connectivity index (χ0n) is 18.2. The van der Waals surface area contributed by atoms with Gasteiger partial charge in [-0.3, -0.25) is 14.6 Å². The molecular formula is C24H27N5O3. The minimum absolute atomic E-state index is 0.00388. The van der Waals surface area contributed by atoms with Crippen molar-refractivity contribution in [3.05, 3.63) is 82.3 Å². The van der Waals surface area contributed by atoms with Gasteiger partial charge in [-0.1, -0.05) is 42.5 Å². The van der Waals surface area contributed by atoms with Crippen LogP contribution in [0, 0.1) is 0 Å². The van der Waals surface area contributed by atoms with Crippen LogP contribution in [-0.4, -0.2) is 49.2 Å². The highest BCUT2D eigenvalue weighted by Gasteiger charge is 2.22. The lowest BCUT2D eigenvalue weighted by Crippen LogP contribution is -2.47. The van der Waals surface area contributed by atoms with Gasteiger partial charge in [0, 0.05) is 32.4 Å². The normalized spacial score (nSPS) is 14.7. The Balaban J connectivity index is 1.40. The average molecular weight is 434 g/mol. The summed E-state index contributed by atoms with van der Waals surface area (Å²) in [6.45, 7) is 4.79. The van der Waals surface area contributed by atoms with Crippen molar-refractivity contribution in [1.82, 2.24) is 15.3 Å². The summed E-state index contributed by atoms with van der Waals surface area (Å²) in [5, 5.41) is 2.86. The summed E-state index contributed by atoms with van der Waals surface area (Å²) in [5.74, 6) is 0.873. The molecule has 1 aliphatic heterocycles. The Hall–Kier alpha value is -3.81. The number of methoxy groups -OCH3 is 1. The van der Waals surface area contributed by atoms with Crippen molar-refractivity contribution >= 4 is 17.5 Å². The molecule has 0 radical (unpaired) electrons. The van der Waals surface area contributed by atoms with E-state index in [1.165, 1.54) is 6.20 Å². The first kappa shape index (κ1) is 21.4. The lowest BCUT2D eigenvalue weighted by molar-refractivity contribution is 0.0938. The summed E-state index contributed by atoms with van der Waals surface area (Å²) in [6.07, 6.45) is 1.35. The molecule has 3 aromatic rings. The fourth-order valence-electron chi connectivity index (χ4n) is 3.86. The molecule has 166 valence electrons. The van der Waals surface area contributed by atoms with Crippen LogP contribution in [0.1, 0.15) is 28.9 Å². The second-order valence-electron chi connectivity index (χ2n) is 7.70. The largest absolute Gasteiger partial charge is 0.495 e. The molecule has 2 heterocycles. The minimum atomic E-state index is -0.445. The zero-order valence-corrected chi connectivity index (χ0v) is 18.2. The van der Waals surface area contributed by atoms with E-state index in [9.17, 15) is 9.59 Å². The molecule has 2 aromatic carbocycles. The monoisotopic (exact) mass is 433 g/mol. The summed E-state index contributed by atoms with van der Waals surface area (Å²) in [6, 6.07) is 17.3. The number of H-pyrrole nitrogens is 1. The standard InChI is InChI=1S/C24H27N5O3/c1-17(18-8-4-3-5-9-18)26-22(30)19-16-25-24(27-23(19)31)29-14-12-28(13-15-29)20-10-6-7-11-21(20)32-2/h3-11,16-17H,12-15H2,1-2H3,(H,26,30)(H,25,27,31)/t17-/m1/s1. The summed E-state index contributed by atoms with van der Waals surface area (Å²) < 4.78 is 5.46. The van der Waals surface area contributed by atoms with Gasteiger partial charge in [0.15, 0.2) is 0 Å². The summed E-state index contributed by atoms with van der Waals surface area (Å²) >= 11 is 0. The van der Waals surface area contributed by atoms with Gasteiger partial charge >= 0.3 is 0 Å².